The van der Waals surface area contributed by atoms with Gasteiger partial charge in [0, 0.05) is 6.61 Å². The first-order valence-electron chi connectivity index (χ1n) is 20.4. The molecule has 258 valence electrons. The molecule has 2 heteroatoms. The van der Waals surface area contributed by atoms with Crippen LogP contribution in [0, 0.1) is 41.4 Å². The van der Waals surface area contributed by atoms with Gasteiger partial charge in [-0.2, -0.15) is 0 Å². The fraction of sp³-hybridized carbons (Fsp3) is 0.952. The van der Waals surface area contributed by atoms with Crippen LogP contribution in [0.2, 0.25) is 0 Å². The zero-order chi connectivity index (χ0) is 31.4. The largest absolute Gasteiger partial charge is 0.378 e. The average Bonchev–Trinajstić information content (AvgIpc) is 3.93. The maximum Gasteiger partial charge on any atom is 0.0603 e. The van der Waals surface area contributed by atoms with Crippen LogP contribution < -0.4 is 0 Å². The third-order valence-electron chi connectivity index (χ3n) is 12.0. The summed E-state index contributed by atoms with van der Waals surface area (Å²) in [6.45, 7) is 10.8. The number of hydrogen-bond donors (Lipinski definition) is 0. The molecule has 0 N–H and O–H groups in total. The van der Waals surface area contributed by atoms with Gasteiger partial charge < -0.3 is 9.64 Å². The van der Waals surface area contributed by atoms with E-state index < -0.39 is 0 Å². The molecule has 0 heterocycles. The molecular formula is C42H79NO. The molecule has 8 unspecified atom stereocenters. The van der Waals surface area contributed by atoms with E-state index in [4.69, 9.17) is 4.74 Å². The average molecular weight is 614 g/mol. The normalized spacial score (nSPS) is 27.0. The van der Waals surface area contributed by atoms with Gasteiger partial charge in [0.1, 0.15) is 0 Å². The van der Waals surface area contributed by atoms with Crippen molar-refractivity contribution in [1.82, 2.24) is 4.90 Å². The van der Waals surface area contributed by atoms with Crippen molar-refractivity contribution in [3.05, 3.63) is 12.7 Å². The molecule has 0 amide bonds. The lowest BCUT2D eigenvalue weighted by Gasteiger charge is -2.28. The smallest absolute Gasteiger partial charge is 0.0603 e. The Bertz CT molecular complexity index is 704. The molecule has 0 bridgehead atoms. The van der Waals surface area contributed by atoms with E-state index in [1.54, 1.807) is 0 Å². The lowest BCUT2D eigenvalue weighted by molar-refractivity contribution is -0.00407. The Balaban J connectivity index is 1.46. The van der Waals surface area contributed by atoms with E-state index in [2.05, 4.69) is 45.5 Å². The molecule has 3 aliphatic rings. The Morgan fingerprint density at radius 3 is 1.55 bits per heavy atom. The molecular weight excluding hydrogens is 534 g/mol. The van der Waals surface area contributed by atoms with Crippen molar-refractivity contribution >= 4 is 0 Å². The first kappa shape index (κ1) is 38.1. The van der Waals surface area contributed by atoms with Gasteiger partial charge in [-0.15, -0.1) is 6.58 Å². The molecule has 0 saturated heterocycles. The fourth-order valence-electron chi connectivity index (χ4n) is 8.67. The van der Waals surface area contributed by atoms with Gasteiger partial charge in [-0.25, -0.2) is 0 Å². The molecule has 44 heavy (non-hydrogen) atoms. The summed E-state index contributed by atoms with van der Waals surface area (Å²) in [5.74, 6) is 7.11. The number of rotatable bonds is 32. The van der Waals surface area contributed by atoms with Gasteiger partial charge in [0.05, 0.1) is 6.10 Å². The summed E-state index contributed by atoms with van der Waals surface area (Å²) in [5.41, 5.74) is 0. The minimum atomic E-state index is 0.517. The fourth-order valence-corrected chi connectivity index (χ4v) is 8.67. The van der Waals surface area contributed by atoms with Crippen molar-refractivity contribution in [2.45, 2.75) is 187 Å². The van der Waals surface area contributed by atoms with E-state index in [0.717, 1.165) is 48.0 Å². The van der Waals surface area contributed by atoms with Crippen LogP contribution in [0.4, 0.5) is 0 Å². The van der Waals surface area contributed by atoms with Crippen LogP contribution >= 0.6 is 0 Å². The van der Waals surface area contributed by atoms with Crippen LogP contribution in [0.1, 0.15) is 181 Å². The second-order valence-corrected chi connectivity index (χ2v) is 16.3. The van der Waals surface area contributed by atoms with Crippen LogP contribution in [0.3, 0.4) is 0 Å². The second kappa shape index (κ2) is 23.1. The summed E-state index contributed by atoms with van der Waals surface area (Å²) in [7, 11) is 4.40. The molecule has 2 nitrogen and oxygen atoms in total. The molecule has 0 spiro atoms. The highest BCUT2D eigenvalue weighted by Gasteiger charge is 2.38. The van der Waals surface area contributed by atoms with Crippen molar-refractivity contribution in [2.24, 2.45) is 41.4 Å². The summed E-state index contributed by atoms with van der Waals surface area (Å²) in [5, 5.41) is 0. The summed E-state index contributed by atoms with van der Waals surface area (Å²) in [6, 6.07) is 0. The second-order valence-electron chi connectivity index (χ2n) is 16.3. The van der Waals surface area contributed by atoms with Crippen molar-refractivity contribution in [3.8, 4) is 0 Å². The van der Waals surface area contributed by atoms with Crippen LogP contribution in [0.5, 0.6) is 0 Å². The number of ether oxygens (including phenoxy) is 1. The minimum absolute atomic E-state index is 0.517. The van der Waals surface area contributed by atoms with Gasteiger partial charge in [0.25, 0.3) is 0 Å². The van der Waals surface area contributed by atoms with E-state index in [1.165, 1.54) is 173 Å². The van der Waals surface area contributed by atoms with E-state index in [1.807, 2.05) is 0 Å². The maximum atomic E-state index is 6.92. The molecule has 3 aliphatic carbocycles. The number of unbranched alkanes of at least 4 members (excludes halogenated alkanes) is 7. The molecule has 8 atom stereocenters. The highest BCUT2D eigenvalue weighted by molar-refractivity contribution is 4.89. The standard InChI is InChI=1S/C42H79NO/c1-6-9-13-21-36-32-39(36)26-18-24-35(25-19-27-40-33-37(40)22-14-10-7-2)42(44-31-17-12-16-30-43(4)5)29-20-28-41-34-38(41)23-15-11-8-3/h6,35-42H,1,7-34H2,2-5H3. The molecule has 0 radical (unpaired) electrons. The van der Waals surface area contributed by atoms with Gasteiger partial charge in [-0.3, -0.25) is 0 Å². The van der Waals surface area contributed by atoms with Gasteiger partial charge >= 0.3 is 0 Å². The topological polar surface area (TPSA) is 12.5 Å². The molecule has 3 fully saturated rings. The first-order valence-corrected chi connectivity index (χ1v) is 20.4. The van der Waals surface area contributed by atoms with E-state index in [0.29, 0.717) is 6.10 Å². The Kier molecular flexibility index (Phi) is 20.0. The number of nitrogens with zero attached hydrogens (tertiary/aromatic N) is 1. The molecule has 0 aromatic carbocycles. The Labute approximate surface area is 277 Å². The minimum Gasteiger partial charge on any atom is -0.378 e. The zero-order valence-corrected chi connectivity index (χ0v) is 30.6. The van der Waals surface area contributed by atoms with E-state index in [9.17, 15) is 0 Å². The van der Waals surface area contributed by atoms with Crippen molar-refractivity contribution < 1.29 is 4.74 Å². The third-order valence-corrected chi connectivity index (χ3v) is 12.0. The van der Waals surface area contributed by atoms with E-state index >= 15 is 0 Å². The van der Waals surface area contributed by atoms with Crippen molar-refractivity contribution in [2.75, 3.05) is 27.2 Å². The van der Waals surface area contributed by atoms with Gasteiger partial charge in [0.15, 0.2) is 0 Å². The third kappa shape index (κ3) is 17.0. The quantitative estimate of drug-likeness (QED) is 0.0553. The van der Waals surface area contributed by atoms with Crippen LogP contribution in [0.15, 0.2) is 12.7 Å². The molecule has 3 rings (SSSR count). The Hall–Kier alpha value is -0.340. The summed E-state index contributed by atoms with van der Waals surface area (Å²) in [4.78, 5) is 2.32. The highest BCUT2D eigenvalue weighted by Crippen LogP contribution is 2.48. The molecule has 0 aliphatic heterocycles. The monoisotopic (exact) mass is 614 g/mol. The zero-order valence-electron chi connectivity index (χ0n) is 30.6. The van der Waals surface area contributed by atoms with E-state index in [-0.39, 0.29) is 0 Å². The Morgan fingerprint density at radius 1 is 0.591 bits per heavy atom. The summed E-state index contributed by atoms with van der Waals surface area (Å²) >= 11 is 0. The molecule has 0 aromatic rings. The van der Waals surface area contributed by atoms with Crippen molar-refractivity contribution in [3.63, 3.8) is 0 Å². The molecule has 3 saturated carbocycles. The summed E-state index contributed by atoms with van der Waals surface area (Å²) in [6.07, 6.45) is 39.6. The van der Waals surface area contributed by atoms with Crippen LogP contribution in [-0.2, 0) is 4.74 Å². The lowest BCUT2D eigenvalue weighted by atomic mass is 9.86. The summed E-state index contributed by atoms with van der Waals surface area (Å²) < 4.78 is 6.92. The van der Waals surface area contributed by atoms with Crippen LogP contribution in [0.25, 0.3) is 0 Å². The molecule has 0 aromatic heterocycles. The first-order chi connectivity index (χ1) is 21.5. The Morgan fingerprint density at radius 2 is 1.07 bits per heavy atom. The van der Waals surface area contributed by atoms with Crippen LogP contribution in [-0.4, -0.2) is 38.3 Å². The van der Waals surface area contributed by atoms with Gasteiger partial charge in [-0.05, 0) is 139 Å². The SMILES string of the molecule is C=CCCCC1CC1CCCC(CCCC1CC1CCCCC)C(CCCC1CC1CCCCC)OCCCCCN(C)C. The number of hydrogen-bond acceptors (Lipinski definition) is 2. The van der Waals surface area contributed by atoms with Gasteiger partial charge in [0.2, 0.25) is 0 Å². The predicted molar refractivity (Wildman–Crippen MR) is 194 cm³/mol. The number of allylic oxidation sites excluding steroid dienone is 1. The highest BCUT2D eigenvalue weighted by atomic mass is 16.5. The maximum absolute atomic E-state index is 6.92. The van der Waals surface area contributed by atoms with Gasteiger partial charge in [-0.1, -0.05) is 110 Å². The van der Waals surface area contributed by atoms with Crippen molar-refractivity contribution in [1.29, 1.82) is 0 Å². The lowest BCUT2D eigenvalue weighted by Crippen LogP contribution is -2.25. The predicted octanol–water partition coefficient (Wildman–Crippen LogP) is 12.7.